The van der Waals surface area contributed by atoms with Crippen LogP contribution in [0.5, 0.6) is 0 Å². The zero-order chi connectivity index (χ0) is 27.8. The third-order valence-corrected chi connectivity index (χ3v) is 8.32. The maximum absolute atomic E-state index is 6.57. The van der Waals surface area contributed by atoms with Crippen molar-refractivity contribution < 1.29 is 0 Å². The molecule has 0 spiro atoms. The Morgan fingerprint density at radius 1 is 0.512 bits per heavy atom. The standard InChI is InChI=1S/C38H33N3/c39-37(25-10-2-1-3-11-25)41-38(40)30-15-9-14-28(23-30)26-12-8-13-27(22-26)29-20-21-35-33-18-5-4-16-31(33)32-17-6-7-19-34(32)36(35)24-29/h1-2,4-10,12-24,37-38,41H,3,11,39-40H2. The van der Waals surface area contributed by atoms with Crippen molar-refractivity contribution >= 4 is 32.3 Å². The highest BCUT2D eigenvalue weighted by Gasteiger charge is 2.15. The van der Waals surface area contributed by atoms with Crippen molar-refractivity contribution in [2.45, 2.75) is 25.2 Å². The molecule has 0 bridgehead atoms. The van der Waals surface area contributed by atoms with Crippen LogP contribution >= 0.6 is 0 Å². The summed E-state index contributed by atoms with van der Waals surface area (Å²) in [7, 11) is 0. The summed E-state index contributed by atoms with van der Waals surface area (Å²) in [6.07, 6.45) is 7.69. The molecule has 0 saturated carbocycles. The van der Waals surface area contributed by atoms with Gasteiger partial charge in [-0.25, -0.2) is 0 Å². The van der Waals surface area contributed by atoms with Crippen molar-refractivity contribution in [2.24, 2.45) is 11.5 Å². The fraction of sp³-hybridized carbons (Fsp3) is 0.105. The predicted octanol–water partition coefficient (Wildman–Crippen LogP) is 8.59. The van der Waals surface area contributed by atoms with Gasteiger partial charge >= 0.3 is 0 Å². The number of hydrogen-bond donors (Lipinski definition) is 3. The van der Waals surface area contributed by atoms with Gasteiger partial charge in [0.05, 0.1) is 12.3 Å². The zero-order valence-electron chi connectivity index (χ0n) is 22.9. The number of fused-ring (bicyclic) bond motifs is 6. The van der Waals surface area contributed by atoms with Crippen LogP contribution in [0.15, 0.2) is 139 Å². The molecular formula is C38H33N3. The second-order valence-corrected chi connectivity index (χ2v) is 10.9. The average Bonchev–Trinajstić information content (AvgIpc) is 3.05. The molecule has 200 valence electrons. The molecule has 41 heavy (non-hydrogen) atoms. The van der Waals surface area contributed by atoms with E-state index in [4.69, 9.17) is 11.5 Å². The molecule has 0 amide bonds. The Morgan fingerprint density at radius 3 is 1.71 bits per heavy atom. The van der Waals surface area contributed by atoms with Crippen LogP contribution < -0.4 is 16.8 Å². The lowest BCUT2D eigenvalue weighted by molar-refractivity contribution is 0.481. The zero-order valence-corrected chi connectivity index (χ0v) is 22.9. The molecule has 6 aromatic rings. The normalized spacial score (nSPS) is 14.8. The van der Waals surface area contributed by atoms with E-state index in [1.807, 2.05) is 0 Å². The van der Waals surface area contributed by atoms with E-state index in [0.717, 1.165) is 29.5 Å². The summed E-state index contributed by atoms with van der Waals surface area (Å²) in [4.78, 5) is 0. The van der Waals surface area contributed by atoms with Gasteiger partial charge in [-0.05, 0) is 96.7 Å². The Labute approximate surface area is 240 Å². The Morgan fingerprint density at radius 2 is 1.07 bits per heavy atom. The van der Waals surface area contributed by atoms with E-state index in [0.29, 0.717) is 0 Å². The van der Waals surface area contributed by atoms with Gasteiger partial charge in [0.2, 0.25) is 0 Å². The number of benzene rings is 6. The monoisotopic (exact) mass is 531 g/mol. The molecule has 6 aromatic carbocycles. The van der Waals surface area contributed by atoms with Crippen LogP contribution in [0.3, 0.4) is 0 Å². The van der Waals surface area contributed by atoms with Crippen molar-refractivity contribution in [2.75, 3.05) is 0 Å². The molecule has 3 heteroatoms. The van der Waals surface area contributed by atoms with Gasteiger partial charge in [0.25, 0.3) is 0 Å². The fourth-order valence-electron chi connectivity index (χ4n) is 6.15. The van der Waals surface area contributed by atoms with E-state index >= 15 is 0 Å². The van der Waals surface area contributed by atoms with Crippen molar-refractivity contribution in [1.29, 1.82) is 0 Å². The number of rotatable bonds is 6. The molecule has 2 atom stereocenters. The van der Waals surface area contributed by atoms with Gasteiger partial charge < -0.3 is 11.5 Å². The fourth-order valence-corrected chi connectivity index (χ4v) is 6.15. The summed E-state index contributed by atoms with van der Waals surface area (Å²) < 4.78 is 0. The van der Waals surface area contributed by atoms with E-state index in [9.17, 15) is 0 Å². The molecule has 7 rings (SSSR count). The number of nitrogens with two attached hydrogens (primary N) is 2. The molecule has 0 radical (unpaired) electrons. The summed E-state index contributed by atoms with van der Waals surface area (Å²) in [6, 6.07) is 41.5. The molecule has 5 N–H and O–H groups in total. The summed E-state index contributed by atoms with van der Waals surface area (Å²) in [5.41, 5.74) is 19.9. The quantitative estimate of drug-likeness (QED) is 0.149. The van der Waals surface area contributed by atoms with Crippen LogP contribution in [0.1, 0.15) is 24.6 Å². The molecule has 0 fully saturated rings. The number of allylic oxidation sites excluding steroid dienone is 3. The van der Waals surface area contributed by atoms with E-state index in [1.54, 1.807) is 0 Å². The Bertz CT molecular complexity index is 1930. The molecule has 0 heterocycles. The van der Waals surface area contributed by atoms with Gasteiger partial charge in [-0.15, -0.1) is 0 Å². The third kappa shape index (κ3) is 4.85. The van der Waals surface area contributed by atoms with Crippen molar-refractivity contribution in [3.8, 4) is 22.3 Å². The topological polar surface area (TPSA) is 64.1 Å². The highest BCUT2D eigenvalue weighted by molar-refractivity contribution is 6.25. The molecule has 0 aliphatic heterocycles. The van der Waals surface area contributed by atoms with Gasteiger partial charge in [-0.3, -0.25) is 5.32 Å². The first kappa shape index (κ1) is 25.4. The SMILES string of the molecule is NC(NC(N)c1cccc(-c2cccc(-c3ccc4c5ccccc5c5ccccc5c4c3)c2)c1)C1=CC=CCC1. The van der Waals surface area contributed by atoms with Crippen molar-refractivity contribution in [3.05, 3.63) is 145 Å². The average molecular weight is 532 g/mol. The highest BCUT2D eigenvalue weighted by atomic mass is 15.1. The van der Waals surface area contributed by atoms with Gasteiger partial charge in [-0.1, -0.05) is 115 Å². The molecular weight excluding hydrogens is 498 g/mol. The molecule has 0 saturated heterocycles. The first-order chi connectivity index (χ1) is 20.2. The lowest BCUT2D eigenvalue weighted by Crippen LogP contribution is -2.44. The van der Waals surface area contributed by atoms with E-state index in [2.05, 4.69) is 139 Å². The summed E-state index contributed by atoms with van der Waals surface area (Å²) >= 11 is 0. The van der Waals surface area contributed by atoms with E-state index in [-0.39, 0.29) is 12.3 Å². The lowest BCUT2D eigenvalue weighted by Gasteiger charge is -2.23. The van der Waals surface area contributed by atoms with Crippen LogP contribution in [0.25, 0.3) is 54.6 Å². The maximum atomic E-state index is 6.57. The third-order valence-electron chi connectivity index (χ3n) is 8.32. The molecule has 2 unspecified atom stereocenters. The Kier molecular flexibility index (Phi) is 6.69. The number of nitrogens with one attached hydrogen (secondary N) is 1. The van der Waals surface area contributed by atoms with Crippen LogP contribution in [0, 0.1) is 0 Å². The van der Waals surface area contributed by atoms with Crippen molar-refractivity contribution in [1.82, 2.24) is 5.32 Å². The largest absolute Gasteiger partial charge is 0.312 e. The Hall–Kier alpha value is -4.54. The first-order valence-corrected chi connectivity index (χ1v) is 14.3. The smallest absolute Gasteiger partial charge is 0.0824 e. The second-order valence-electron chi connectivity index (χ2n) is 10.9. The van der Waals surface area contributed by atoms with Gasteiger partial charge in [-0.2, -0.15) is 0 Å². The maximum Gasteiger partial charge on any atom is 0.0824 e. The minimum absolute atomic E-state index is 0.261. The Balaban J connectivity index is 1.23. The lowest BCUT2D eigenvalue weighted by atomic mass is 9.91. The van der Waals surface area contributed by atoms with Gasteiger partial charge in [0.1, 0.15) is 0 Å². The molecule has 1 aliphatic rings. The van der Waals surface area contributed by atoms with Gasteiger partial charge in [0.15, 0.2) is 0 Å². The number of hydrogen-bond acceptors (Lipinski definition) is 3. The van der Waals surface area contributed by atoms with E-state index in [1.165, 1.54) is 49.0 Å². The molecule has 1 aliphatic carbocycles. The van der Waals surface area contributed by atoms with E-state index < -0.39 is 0 Å². The minimum Gasteiger partial charge on any atom is -0.312 e. The minimum atomic E-state index is -0.358. The molecule has 0 aromatic heterocycles. The van der Waals surface area contributed by atoms with Crippen LogP contribution in [-0.2, 0) is 0 Å². The van der Waals surface area contributed by atoms with Crippen LogP contribution in [-0.4, -0.2) is 6.17 Å². The van der Waals surface area contributed by atoms with Crippen molar-refractivity contribution in [3.63, 3.8) is 0 Å². The van der Waals surface area contributed by atoms with Crippen LogP contribution in [0.4, 0.5) is 0 Å². The highest BCUT2D eigenvalue weighted by Crippen LogP contribution is 2.37. The first-order valence-electron chi connectivity index (χ1n) is 14.3. The predicted molar refractivity (Wildman–Crippen MR) is 174 cm³/mol. The second kappa shape index (κ2) is 10.8. The molecule has 3 nitrogen and oxygen atoms in total. The van der Waals surface area contributed by atoms with Crippen LogP contribution in [0.2, 0.25) is 0 Å². The van der Waals surface area contributed by atoms with Gasteiger partial charge in [0, 0.05) is 0 Å². The summed E-state index contributed by atoms with van der Waals surface area (Å²) in [6.45, 7) is 0. The summed E-state index contributed by atoms with van der Waals surface area (Å²) in [5.74, 6) is 0. The summed E-state index contributed by atoms with van der Waals surface area (Å²) in [5, 5.41) is 11.1.